The second kappa shape index (κ2) is 10.2. The Bertz CT molecular complexity index is 1410. The predicted octanol–water partition coefficient (Wildman–Crippen LogP) is 8.22. The van der Waals surface area contributed by atoms with Gasteiger partial charge in [-0.05, 0) is 61.4 Å². The standard InChI is InChI=1S/C28H24FNO4S2/c1-16(21-13-14-35-17(21)2)33-28(32)30-24-15-25(29)36-26(24)23-6-4-3-5-22(23)18-9-11-20(12-10-18)34-27(31)19-7-8-19/h3-6,9-16,19H,7-8H2,1-2H3,(H,30,32). The third kappa shape index (κ3) is 5.34. The van der Waals surface area contributed by atoms with Crippen LogP contribution in [0.3, 0.4) is 0 Å². The highest BCUT2D eigenvalue weighted by Gasteiger charge is 2.31. The van der Waals surface area contributed by atoms with Gasteiger partial charge in [0, 0.05) is 22.1 Å². The smallest absolute Gasteiger partial charge is 0.412 e. The number of esters is 1. The van der Waals surface area contributed by atoms with Crippen LogP contribution < -0.4 is 10.1 Å². The summed E-state index contributed by atoms with van der Waals surface area (Å²) in [5.41, 5.74) is 3.80. The molecule has 184 valence electrons. The van der Waals surface area contributed by atoms with Gasteiger partial charge < -0.3 is 9.47 Å². The summed E-state index contributed by atoms with van der Waals surface area (Å²) in [6.07, 6.45) is 0.699. The van der Waals surface area contributed by atoms with Crippen LogP contribution in [0, 0.1) is 18.0 Å². The van der Waals surface area contributed by atoms with Gasteiger partial charge >= 0.3 is 12.1 Å². The Kier molecular flexibility index (Phi) is 6.89. The van der Waals surface area contributed by atoms with Crippen LogP contribution in [0.1, 0.15) is 36.3 Å². The van der Waals surface area contributed by atoms with Crippen LogP contribution >= 0.6 is 22.7 Å². The molecule has 2 heterocycles. The Hall–Kier alpha value is -3.49. The van der Waals surface area contributed by atoms with Crippen molar-refractivity contribution in [3.8, 4) is 27.3 Å². The van der Waals surface area contributed by atoms with Crippen LogP contribution in [-0.4, -0.2) is 12.1 Å². The molecule has 0 aliphatic heterocycles. The first kappa shape index (κ1) is 24.2. The number of rotatable bonds is 7. The summed E-state index contributed by atoms with van der Waals surface area (Å²) in [6.45, 7) is 3.79. The van der Waals surface area contributed by atoms with Gasteiger partial charge in [-0.2, -0.15) is 4.39 Å². The van der Waals surface area contributed by atoms with Gasteiger partial charge in [0.05, 0.1) is 16.5 Å². The Morgan fingerprint density at radius 2 is 1.78 bits per heavy atom. The molecule has 0 radical (unpaired) electrons. The number of aryl methyl sites for hydroxylation is 1. The van der Waals surface area contributed by atoms with Crippen molar-refractivity contribution in [2.45, 2.75) is 32.8 Å². The van der Waals surface area contributed by atoms with Gasteiger partial charge in [0.2, 0.25) is 0 Å². The Labute approximate surface area is 216 Å². The SMILES string of the molecule is Cc1sccc1C(C)OC(=O)Nc1cc(F)sc1-c1ccccc1-c1ccc(OC(=O)C2CC2)cc1. The first-order valence-corrected chi connectivity index (χ1v) is 13.3. The molecule has 0 saturated heterocycles. The van der Waals surface area contributed by atoms with Crippen molar-refractivity contribution in [1.29, 1.82) is 0 Å². The summed E-state index contributed by atoms with van der Waals surface area (Å²) >= 11 is 2.54. The van der Waals surface area contributed by atoms with Crippen LogP contribution in [0.15, 0.2) is 66.0 Å². The zero-order chi connectivity index (χ0) is 25.2. The second-order valence-corrected chi connectivity index (χ2v) is 10.8. The van der Waals surface area contributed by atoms with E-state index in [-0.39, 0.29) is 11.9 Å². The zero-order valence-electron chi connectivity index (χ0n) is 19.7. The summed E-state index contributed by atoms with van der Waals surface area (Å²) in [7, 11) is 0. The van der Waals surface area contributed by atoms with Crippen molar-refractivity contribution in [2.24, 2.45) is 5.92 Å². The number of halogens is 1. The minimum atomic E-state index is -0.647. The van der Waals surface area contributed by atoms with E-state index < -0.39 is 17.3 Å². The zero-order valence-corrected chi connectivity index (χ0v) is 21.4. The average Bonchev–Trinajstić information content (AvgIpc) is 3.53. The monoisotopic (exact) mass is 521 g/mol. The van der Waals surface area contributed by atoms with Crippen LogP contribution in [0.25, 0.3) is 21.6 Å². The number of hydrogen-bond donors (Lipinski definition) is 1. The molecule has 1 saturated carbocycles. The van der Waals surface area contributed by atoms with Gasteiger partial charge in [-0.1, -0.05) is 36.4 Å². The maximum Gasteiger partial charge on any atom is 0.412 e. The maximum absolute atomic E-state index is 14.4. The van der Waals surface area contributed by atoms with Gasteiger partial charge in [-0.25, -0.2) is 4.79 Å². The number of ether oxygens (including phenoxy) is 2. The second-order valence-electron chi connectivity index (χ2n) is 8.66. The van der Waals surface area contributed by atoms with E-state index in [2.05, 4.69) is 5.32 Å². The molecule has 1 fully saturated rings. The number of carbonyl (C=O) groups is 2. The fraction of sp³-hybridized carbons (Fsp3) is 0.214. The van der Waals surface area contributed by atoms with Gasteiger partial charge in [0.25, 0.3) is 0 Å². The summed E-state index contributed by atoms with van der Waals surface area (Å²) in [5.74, 6) is 0.327. The van der Waals surface area contributed by atoms with Gasteiger partial charge in [0.15, 0.2) is 5.13 Å². The lowest BCUT2D eigenvalue weighted by Crippen LogP contribution is -2.16. The van der Waals surface area contributed by atoms with E-state index in [0.29, 0.717) is 16.3 Å². The van der Waals surface area contributed by atoms with Crippen LogP contribution in [0.2, 0.25) is 0 Å². The molecule has 1 aliphatic carbocycles. The number of amides is 1. The van der Waals surface area contributed by atoms with Crippen molar-refractivity contribution >= 4 is 40.4 Å². The normalized spacial score (nSPS) is 13.8. The molecule has 4 aromatic rings. The number of thiophene rings is 2. The fourth-order valence-corrected chi connectivity index (χ4v) is 5.66. The Balaban J connectivity index is 1.37. The fourth-order valence-electron chi connectivity index (χ4n) is 3.99. The summed E-state index contributed by atoms with van der Waals surface area (Å²) < 4.78 is 25.4. The Morgan fingerprint density at radius 3 is 2.44 bits per heavy atom. The van der Waals surface area contributed by atoms with E-state index >= 15 is 0 Å². The molecule has 2 aromatic heterocycles. The summed E-state index contributed by atoms with van der Waals surface area (Å²) in [5, 5.41) is 4.26. The highest BCUT2D eigenvalue weighted by Crippen LogP contribution is 2.42. The maximum atomic E-state index is 14.4. The van der Waals surface area contributed by atoms with Gasteiger partial charge in [-0.15, -0.1) is 22.7 Å². The van der Waals surface area contributed by atoms with Crippen LogP contribution in [-0.2, 0) is 9.53 Å². The van der Waals surface area contributed by atoms with Crippen molar-refractivity contribution in [3.63, 3.8) is 0 Å². The molecule has 0 bridgehead atoms. The number of hydrogen-bond acceptors (Lipinski definition) is 6. The molecule has 1 aliphatic rings. The highest BCUT2D eigenvalue weighted by atomic mass is 32.1. The third-order valence-electron chi connectivity index (χ3n) is 6.03. The van der Waals surface area contributed by atoms with E-state index in [4.69, 9.17) is 9.47 Å². The third-order valence-corrected chi connectivity index (χ3v) is 7.84. The minimum absolute atomic E-state index is 0.0222. The molecule has 36 heavy (non-hydrogen) atoms. The lowest BCUT2D eigenvalue weighted by atomic mass is 9.98. The molecule has 2 aromatic carbocycles. The molecular weight excluding hydrogens is 497 g/mol. The predicted molar refractivity (Wildman–Crippen MR) is 141 cm³/mol. The van der Waals surface area contributed by atoms with Crippen LogP contribution in [0.5, 0.6) is 5.75 Å². The van der Waals surface area contributed by atoms with Crippen molar-refractivity contribution in [3.05, 3.63) is 81.6 Å². The first-order valence-electron chi connectivity index (χ1n) is 11.6. The number of carbonyl (C=O) groups excluding carboxylic acids is 2. The molecule has 1 N–H and O–H groups in total. The van der Waals surface area contributed by atoms with Crippen molar-refractivity contribution in [2.75, 3.05) is 5.32 Å². The number of anilines is 1. The topological polar surface area (TPSA) is 64.6 Å². The number of nitrogens with one attached hydrogen (secondary N) is 1. The molecule has 5 rings (SSSR count). The first-order chi connectivity index (χ1) is 17.4. The largest absolute Gasteiger partial charge is 0.441 e. The lowest BCUT2D eigenvalue weighted by Gasteiger charge is -2.15. The molecule has 1 amide bonds. The molecular formula is C28H24FNO4S2. The van der Waals surface area contributed by atoms with Crippen molar-refractivity contribution in [1.82, 2.24) is 0 Å². The lowest BCUT2D eigenvalue weighted by molar-refractivity contribution is -0.135. The average molecular weight is 522 g/mol. The minimum Gasteiger partial charge on any atom is -0.441 e. The molecule has 1 unspecified atom stereocenters. The number of benzene rings is 2. The van der Waals surface area contributed by atoms with Gasteiger partial charge in [0.1, 0.15) is 11.9 Å². The van der Waals surface area contributed by atoms with Gasteiger partial charge in [-0.3, -0.25) is 10.1 Å². The summed E-state index contributed by atoms with van der Waals surface area (Å²) in [4.78, 5) is 26.3. The van der Waals surface area contributed by atoms with Crippen LogP contribution in [0.4, 0.5) is 14.9 Å². The van der Waals surface area contributed by atoms with E-state index in [9.17, 15) is 14.0 Å². The summed E-state index contributed by atoms with van der Waals surface area (Å²) in [6, 6.07) is 18.1. The Morgan fingerprint density at radius 1 is 1.06 bits per heavy atom. The molecule has 0 spiro atoms. The molecule has 1 atom stereocenters. The highest BCUT2D eigenvalue weighted by molar-refractivity contribution is 7.14. The van der Waals surface area contributed by atoms with E-state index in [1.807, 2.05) is 61.7 Å². The quantitative estimate of drug-likeness (QED) is 0.197. The van der Waals surface area contributed by atoms with E-state index in [1.54, 1.807) is 23.5 Å². The van der Waals surface area contributed by atoms with E-state index in [1.165, 1.54) is 6.07 Å². The molecule has 5 nitrogen and oxygen atoms in total. The van der Waals surface area contributed by atoms with E-state index in [0.717, 1.165) is 51.3 Å². The van der Waals surface area contributed by atoms with Crippen molar-refractivity contribution < 1.29 is 23.5 Å². The molecule has 8 heteroatoms.